The molecule has 0 unspecified atom stereocenters. The van der Waals surface area contributed by atoms with E-state index in [4.69, 9.17) is 11.5 Å². The zero-order valence-corrected chi connectivity index (χ0v) is 38.7. The number of nitrogens with one attached hydrogen (secondary N) is 8. The van der Waals surface area contributed by atoms with Gasteiger partial charge in [0.1, 0.15) is 52.4 Å². The van der Waals surface area contributed by atoms with Crippen molar-refractivity contribution in [1.29, 1.82) is 0 Å². The largest absolute Gasteiger partial charge is 0.329 e. The van der Waals surface area contributed by atoms with Crippen molar-refractivity contribution < 1.29 is 32.9 Å². The Hall–Kier alpha value is 1.55. The number of halogens is 3. The first-order valence-corrected chi connectivity index (χ1v) is 33.7. The average molecular weight is 1120 g/mol. The maximum Gasteiger partial charge on any atom is 0.00772 e. The summed E-state index contributed by atoms with van der Waals surface area (Å²) in [7, 11) is 0. The fourth-order valence-corrected chi connectivity index (χ4v) is 11.6. The van der Waals surface area contributed by atoms with Crippen LogP contribution in [-0.2, 0) is 0 Å². The molecule has 11 saturated heterocycles. The van der Waals surface area contributed by atoms with Gasteiger partial charge in [-0.05, 0) is 0 Å². The topological polar surface area (TPSA) is 137 Å². The van der Waals surface area contributed by atoms with Crippen LogP contribution in [0.3, 0.4) is 0 Å². The molecule has 0 amide bonds. The molecule has 0 radical (unpaired) electrons. The second-order valence-electron chi connectivity index (χ2n) is 16.6. The molecule has 0 bridgehead atoms. The molecule has 0 aromatic carbocycles. The van der Waals surface area contributed by atoms with E-state index in [9.17, 15) is 0 Å². The average Bonchev–Trinajstić information content (AvgIpc) is 4.03. The molecule has 0 spiro atoms. The van der Waals surface area contributed by atoms with Crippen molar-refractivity contribution in [2.75, 3.05) is 183 Å². The fourth-order valence-electron chi connectivity index (χ4n) is 11.6. The minimum atomic E-state index is 0. The minimum absolute atomic E-state index is 0. The van der Waals surface area contributed by atoms with Crippen LogP contribution < -0.4 is 65.6 Å². The van der Waals surface area contributed by atoms with Crippen molar-refractivity contribution in [3.8, 4) is 0 Å². The summed E-state index contributed by atoms with van der Waals surface area (Å²) in [6, 6.07) is 0. The number of nitrogens with two attached hydrogens (primary N) is 2. The summed E-state index contributed by atoms with van der Waals surface area (Å²) in [6.07, 6.45) is 4.59. The summed E-state index contributed by atoms with van der Waals surface area (Å²) in [5.41, 5.74) is 10.5. The van der Waals surface area contributed by atoms with Gasteiger partial charge in [0.2, 0.25) is 0 Å². The van der Waals surface area contributed by atoms with Crippen molar-refractivity contribution >= 4 is 37.2 Å². The monoisotopic (exact) mass is 1120 g/mol. The van der Waals surface area contributed by atoms with Crippen LogP contribution in [0, 0.1) is 0 Å². The van der Waals surface area contributed by atoms with Gasteiger partial charge < -0.3 is 22.1 Å². The molecule has 0 aromatic rings. The van der Waals surface area contributed by atoms with E-state index in [0.29, 0.717) is 38.7 Å². The van der Waals surface area contributed by atoms with Crippen molar-refractivity contribution in [2.24, 2.45) is 11.5 Å². The summed E-state index contributed by atoms with van der Waals surface area (Å²) in [5, 5.41) is 13.4. The zero-order valence-electron chi connectivity index (χ0n) is 32.2. The molecule has 19 heteroatoms. The second kappa shape index (κ2) is 24.3. The Bertz CT molecular complexity index is 912. The molecule has 0 saturated carbocycles. The van der Waals surface area contributed by atoms with Crippen molar-refractivity contribution in [3.63, 3.8) is 0 Å². The van der Waals surface area contributed by atoms with Gasteiger partial charge in [0.05, 0.1) is 24.7 Å². The van der Waals surface area contributed by atoms with E-state index in [1.807, 2.05) is 19.6 Å². The zero-order chi connectivity index (χ0) is 36.6. The third kappa shape index (κ3) is 11.5. The molecule has 324 valence electrons. The van der Waals surface area contributed by atoms with Gasteiger partial charge in [0.15, 0.2) is 0 Å². The Morgan fingerprint density at radius 2 is 0.745 bits per heavy atom. The summed E-state index contributed by atoms with van der Waals surface area (Å²) in [5.74, 6) is 0. The predicted octanol–water partition coefficient (Wildman–Crippen LogP) is -11.3. The van der Waals surface area contributed by atoms with Gasteiger partial charge in [-0.2, -0.15) is 0 Å². The molecule has 0 aliphatic carbocycles. The van der Waals surface area contributed by atoms with Crippen molar-refractivity contribution in [3.05, 3.63) is 0 Å². The normalized spacial score (nSPS) is 38.3. The first-order chi connectivity index (χ1) is 26.1. The van der Waals surface area contributed by atoms with Crippen LogP contribution in [0.5, 0.6) is 0 Å². The number of quaternary nitrogens is 4. The summed E-state index contributed by atoms with van der Waals surface area (Å²) in [6.45, 7) is 34.4. The SMILES string of the molecule is C.C.C1CN2CCN3CCN4CCN1C2C43.C1CN2CCN3CCNC(N1)C23.C1C[NH+]2CC[NH+]3CC[NH+]4CC[NH+]1C2C43.I[I-]I.NCCNCCNCCN. The van der Waals surface area contributed by atoms with Crippen molar-refractivity contribution in [2.45, 2.75) is 51.8 Å². The Labute approximate surface area is 364 Å². The first kappa shape index (κ1) is 47.6. The molecule has 0 atom stereocenters. The van der Waals surface area contributed by atoms with E-state index in [1.54, 1.807) is 0 Å². The van der Waals surface area contributed by atoms with Gasteiger partial charge in [0, 0.05) is 131 Å². The Balaban J connectivity index is 0.000000137. The molecular weight excluding hydrogens is 1040 g/mol. The van der Waals surface area contributed by atoms with E-state index in [1.165, 1.54) is 131 Å². The van der Waals surface area contributed by atoms with E-state index < -0.39 is 0 Å². The van der Waals surface area contributed by atoms with Gasteiger partial charge in [-0.25, -0.2) is 0 Å². The van der Waals surface area contributed by atoms with Crippen LogP contribution in [0.2, 0.25) is 0 Å². The second-order valence-corrected chi connectivity index (χ2v) is 32.8. The van der Waals surface area contributed by atoms with Crippen LogP contribution in [0.15, 0.2) is 0 Å². The third-order valence-electron chi connectivity index (χ3n) is 14.0. The van der Waals surface area contributed by atoms with E-state index in [2.05, 4.69) is 87.9 Å². The minimum Gasteiger partial charge on any atom is -0.329 e. The molecule has 11 heterocycles. The third-order valence-corrected chi connectivity index (χ3v) is 14.0. The Morgan fingerprint density at radius 3 is 1.02 bits per heavy atom. The van der Waals surface area contributed by atoms with Gasteiger partial charge >= 0.3 is 62.8 Å². The van der Waals surface area contributed by atoms with Crippen LogP contribution >= 0.6 is 37.2 Å². The molecule has 11 aliphatic rings. The smallest absolute Gasteiger partial charge is 0.00772 e. The number of nitrogens with zero attached hydrogens (tertiary/aromatic N) is 6. The summed E-state index contributed by atoms with van der Waals surface area (Å²) < 4.78 is 0. The van der Waals surface area contributed by atoms with E-state index >= 15 is 0 Å². The predicted molar refractivity (Wildman–Crippen MR) is 236 cm³/mol. The number of hydrogen-bond donors (Lipinski definition) is 10. The molecule has 11 fully saturated rings. The Kier molecular flexibility index (Phi) is 21.0. The molecule has 11 aliphatic heterocycles. The maximum atomic E-state index is 5.27. The molecule has 0 aromatic heterocycles. The number of rotatable bonds is 7. The van der Waals surface area contributed by atoms with Crippen LogP contribution in [0.1, 0.15) is 14.9 Å². The number of hydrogen-bond acceptors (Lipinski definition) is 12. The molecule has 12 N–H and O–H groups in total. The van der Waals surface area contributed by atoms with Crippen molar-refractivity contribution in [1.82, 2.24) is 50.7 Å². The van der Waals surface area contributed by atoms with E-state index in [-0.39, 0.29) is 14.9 Å². The van der Waals surface area contributed by atoms with Crippen LogP contribution in [-0.4, -0.2) is 250 Å². The quantitative estimate of drug-likeness (QED) is 0.0878. The van der Waals surface area contributed by atoms with Gasteiger partial charge in [-0.15, -0.1) is 0 Å². The van der Waals surface area contributed by atoms with Gasteiger partial charge in [0.25, 0.3) is 0 Å². The molecule has 11 rings (SSSR count). The molecule has 55 heavy (non-hydrogen) atoms. The fraction of sp³-hybridized carbons (Fsp3) is 1.00. The van der Waals surface area contributed by atoms with Crippen LogP contribution in [0.25, 0.3) is 0 Å². The van der Waals surface area contributed by atoms with Gasteiger partial charge in [-0.3, -0.25) is 59.6 Å². The molecule has 16 nitrogen and oxygen atoms in total. The maximum absolute atomic E-state index is 5.27. The Morgan fingerprint density at radius 1 is 0.473 bits per heavy atom. The number of piperazine rings is 6. The van der Waals surface area contributed by atoms with Crippen LogP contribution in [0.4, 0.5) is 0 Å². The van der Waals surface area contributed by atoms with Gasteiger partial charge in [-0.1, -0.05) is 14.9 Å². The first-order valence-electron chi connectivity index (χ1n) is 21.1. The van der Waals surface area contributed by atoms with E-state index in [0.717, 1.165) is 63.9 Å². The molecular formula is C36H82I3N16+3. The summed E-state index contributed by atoms with van der Waals surface area (Å²) in [4.78, 5) is 23.7. The standard InChI is InChI=1S/2C10H18N4.C8H16N4.C6H18N4.2CH4.I3/c2*1-2-12-7-8-14-4-3-13-6-5-11(1)9(12)10(13)14;1-3-11-5-6-12-4-2-10-7(9-1)8(11)12;7-1-3-9-5-6-10-4-2-8;;;1-3-2/h2*9-10H,1-8H2;7-10H,1-6H2;9-10H,1-8H2;2*1H4;/q;;;;;;-1/p+4. The summed E-state index contributed by atoms with van der Waals surface area (Å²) >= 11 is 5.30.